The molecule has 4 aliphatic rings. The SMILES string of the molecule is CC1=NC2CCC(C3CCC4N=C(C)C(C)=NC4C3)CC2N=C1C. The molecule has 0 aromatic carbocycles. The number of aliphatic imine (C=N–C) groups is 4. The third-order valence-corrected chi connectivity index (χ3v) is 6.80. The Balaban J connectivity index is 1.43. The second-order valence-electron chi connectivity index (χ2n) is 8.27. The molecule has 2 heterocycles. The fraction of sp³-hybridized carbons (Fsp3) is 0.800. The van der Waals surface area contributed by atoms with Gasteiger partial charge in [0.2, 0.25) is 0 Å². The summed E-state index contributed by atoms with van der Waals surface area (Å²) >= 11 is 0. The third-order valence-electron chi connectivity index (χ3n) is 6.80. The highest BCUT2D eigenvalue weighted by molar-refractivity contribution is 6.41. The van der Waals surface area contributed by atoms with Crippen LogP contribution in [-0.4, -0.2) is 47.0 Å². The molecular weight excluding hydrogens is 296 g/mol. The topological polar surface area (TPSA) is 49.4 Å². The minimum atomic E-state index is 0.432. The van der Waals surface area contributed by atoms with E-state index >= 15 is 0 Å². The third kappa shape index (κ3) is 2.89. The molecule has 2 saturated carbocycles. The van der Waals surface area contributed by atoms with Crippen molar-refractivity contribution < 1.29 is 0 Å². The zero-order chi connectivity index (χ0) is 16.8. The highest BCUT2D eigenvalue weighted by Gasteiger charge is 2.40. The van der Waals surface area contributed by atoms with Gasteiger partial charge in [-0.2, -0.15) is 0 Å². The largest absolute Gasteiger partial charge is 0.283 e. The molecule has 0 saturated heterocycles. The van der Waals surface area contributed by atoms with E-state index in [4.69, 9.17) is 20.0 Å². The molecule has 2 aliphatic heterocycles. The van der Waals surface area contributed by atoms with E-state index in [2.05, 4.69) is 27.7 Å². The van der Waals surface area contributed by atoms with E-state index in [1.807, 2.05) is 0 Å². The Morgan fingerprint density at radius 1 is 0.500 bits per heavy atom. The van der Waals surface area contributed by atoms with Crippen molar-refractivity contribution in [3.8, 4) is 0 Å². The van der Waals surface area contributed by atoms with Gasteiger partial charge in [-0.05, 0) is 78.1 Å². The van der Waals surface area contributed by atoms with Gasteiger partial charge in [0.15, 0.2) is 0 Å². The van der Waals surface area contributed by atoms with E-state index in [1.165, 1.54) is 38.5 Å². The maximum absolute atomic E-state index is 4.97. The van der Waals surface area contributed by atoms with Gasteiger partial charge in [-0.3, -0.25) is 20.0 Å². The van der Waals surface area contributed by atoms with Gasteiger partial charge in [-0.1, -0.05) is 0 Å². The normalized spacial score (nSPS) is 42.2. The van der Waals surface area contributed by atoms with Crippen molar-refractivity contribution in [1.82, 2.24) is 0 Å². The van der Waals surface area contributed by atoms with Crippen molar-refractivity contribution in [3.05, 3.63) is 0 Å². The summed E-state index contributed by atoms with van der Waals surface area (Å²) in [5.41, 5.74) is 4.60. The van der Waals surface area contributed by atoms with Crippen molar-refractivity contribution in [3.63, 3.8) is 0 Å². The van der Waals surface area contributed by atoms with Gasteiger partial charge in [0.1, 0.15) is 0 Å². The average Bonchev–Trinajstić information content (AvgIpc) is 2.56. The average molecular weight is 326 g/mol. The minimum absolute atomic E-state index is 0.432. The van der Waals surface area contributed by atoms with Crippen LogP contribution in [0, 0.1) is 11.8 Å². The van der Waals surface area contributed by atoms with Gasteiger partial charge in [0.25, 0.3) is 0 Å². The van der Waals surface area contributed by atoms with Crippen molar-refractivity contribution in [2.24, 2.45) is 31.8 Å². The number of hydrogen-bond acceptors (Lipinski definition) is 4. The molecule has 2 fully saturated rings. The lowest BCUT2D eigenvalue weighted by molar-refractivity contribution is 0.155. The summed E-state index contributed by atoms with van der Waals surface area (Å²) in [5.74, 6) is 1.61. The molecule has 0 aromatic rings. The van der Waals surface area contributed by atoms with Crippen LogP contribution in [0.3, 0.4) is 0 Å². The van der Waals surface area contributed by atoms with Crippen LogP contribution in [0.4, 0.5) is 0 Å². The first kappa shape index (κ1) is 16.2. The Labute approximate surface area is 145 Å². The van der Waals surface area contributed by atoms with E-state index in [0.717, 1.165) is 34.7 Å². The smallest absolute Gasteiger partial charge is 0.0729 e. The van der Waals surface area contributed by atoms with Gasteiger partial charge in [0.05, 0.1) is 47.0 Å². The van der Waals surface area contributed by atoms with Crippen LogP contribution in [0.25, 0.3) is 0 Å². The maximum atomic E-state index is 4.97. The number of hydrogen-bond donors (Lipinski definition) is 0. The Kier molecular flexibility index (Phi) is 4.17. The lowest BCUT2D eigenvalue weighted by atomic mass is 9.68. The quantitative estimate of drug-likeness (QED) is 0.701. The standard InChI is InChI=1S/C20H30N4/c1-11-13(3)23-19-9-15(5-7-17(19)21-11)16-6-8-18-20(10-16)24-14(4)12(2)22-18/h15-20H,5-10H2,1-4H3. The highest BCUT2D eigenvalue weighted by atomic mass is 15.0. The van der Waals surface area contributed by atoms with Crippen LogP contribution in [0.2, 0.25) is 0 Å². The molecule has 0 bridgehead atoms. The summed E-state index contributed by atoms with van der Waals surface area (Å²) in [6, 6.07) is 1.76. The molecule has 2 aliphatic carbocycles. The van der Waals surface area contributed by atoms with Crippen LogP contribution < -0.4 is 0 Å². The molecule has 4 rings (SSSR count). The van der Waals surface area contributed by atoms with Gasteiger partial charge in [-0.15, -0.1) is 0 Å². The van der Waals surface area contributed by atoms with E-state index < -0.39 is 0 Å². The van der Waals surface area contributed by atoms with E-state index in [9.17, 15) is 0 Å². The molecule has 4 heteroatoms. The van der Waals surface area contributed by atoms with Gasteiger partial charge < -0.3 is 0 Å². The van der Waals surface area contributed by atoms with Crippen LogP contribution >= 0.6 is 0 Å². The number of nitrogens with zero attached hydrogens (tertiary/aromatic N) is 4. The monoisotopic (exact) mass is 326 g/mol. The summed E-state index contributed by atoms with van der Waals surface area (Å²) in [5, 5.41) is 0. The van der Waals surface area contributed by atoms with E-state index in [0.29, 0.717) is 24.2 Å². The first-order valence-electron chi connectivity index (χ1n) is 9.69. The molecule has 4 nitrogen and oxygen atoms in total. The van der Waals surface area contributed by atoms with Crippen LogP contribution in [-0.2, 0) is 0 Å². The van der Waals surface area contributed by atoms with Crippen LogP contribution in [0.1, 0.15) is 66.2 Å². The Bertz CT molecular complexity index is 586. The predicted molar refractivity (Wildman–Crippen MR) is 102 cm³/mol. The lowest BCUT2D eigenvalue weighted by Crippen LogP contribution is -2.42. The predicted octanol–water partition coefficient (Wildman–Crippen LogP) is 3.93. The Hall–Kier alpha value is -1.32. The van der Waals surface area contributed by atoms with Crippen molar-refractivity contribution in [2.45, 2.75) is 90.4 Å². The fourth-order valence-electron chi connectivity index (χ4n) is 5.13. The Morgan fingerprint density at radius 2 is 0.833 bits per heavy atom. The van der Waals surface area contributed by atoms with Gasteiger partial charge in [-0.25, -0.2) is 0 Å². The van der Waals surface area contributed by atoms with Crippen molar-refractivity contribution in [2.75, 3.05) is 0 Å². The number of fused-ring (bicyclic) bond motifs is 2. The molecular formula is C20H30N4. The highest BCUT2D eigenvalue weighted by Crippen LogP contribution is 2.42. The zero-order valence-electron chi connectivity index (χ0n) is 15.5. The number of rotatable bonds is 1. The molecule has 0 N–H and O–H groups in total. The molecule has 6 unspecified atom stereocenters. The van der Waals surface area contributed by atoms with Crippen LogP contribution in [0.15, 0.2) is 20.0 Å². The molecule has 6 atom stereocenters. The Morgan fingerprint density at radius 3 is 1.21 bits per heavy atom. The van der Waals surface area contributed by atoms with E-state index in [1.54, 1.807) is 0 Å². The first-order valence-corrected chi connectivity index (χ1v) is 9.69. The maximum Gasteiger partial charge on any atom is 0.0729 e. The fourth-order valence-corrected chi connectivity index (χ4v) is 5.13. The second-order valence-corrected chi connectivity index (χ2v) is 8.27. The second kappa shape index (κ2) is 6.20. The minimum Gasteiger partial charge on any atom is -0.283 e. The lowest BCUT2D eigenvalue weighted by Gasteiger charge is -2.42. The van der Waals surface area contributed by atoms with Crippen molar-refractivity contribution in [1.29, 1.82) is 0 Å². The summed E-state index contributed by atoms with van der Waals surface area (Å²) in [6.45, 7) is 8.44. The summed E-state index contributed by atoms with van der Waals surface area (Å²) < 4.78 is 0. The first-order chi connectivity index (χ1) is 11.5. The van der Waals surface area contributed by atoms with Gasteiger partial charge in [0, 0.05) is 0 Å². The van der Waals surface area contributed by atoms with Crippen LogP contribution in [0.5, 0.6) is 0 Å². The molecule has 0 spiro atoms. The van der Waals surface area contributed by atoms with Crippen molar-refractivity contribution >= 4 is 22.8 Å². The molecule has 130 valence electrons. The zero-order valence-corrected chi connectivity index (χ0v) is 15.5. The molecule has 0 amide bonds. The molecule has 24 heavy (non-hydrogen) atoms. The van der Waals surface area contributed by atoms with E-state index in [-0.39, 0.29) is 0 Å². The summed E-state index contributed by atoms with van der Waals surface area (Å²) in [7, 11) is 0. The molecule has 0 aromatic heterocycles. The summed E-state index contributed by atoms with van der Waals surface area (Å²) in [6.07, 6.45) is 7.53. The van der Waals surface area contributed by atoms with Gasteiger partial charge >= 0.3 is 0 Å². The summed E-state index contributed by atoms with van der Waals surface area (Å²) in [4.78, 5) is 19.7. The molecule has 0 radical (unpaired) electrons.